The van der Waals surface area contributed by atoms with Crippen LogP contribution in [0.3, 0.4) is 0 Å². The lowest BCUT2D eigenvalue weighted by Crippen LogP contribution is -2.20. The zero-order valence-corrected chi connectivity index (χ0v) is 11.4. The van der Waals surface area contributed by atoms with Crippen molar-refractivity contribution in [3.05, 3.63) is 13.5 Å². The molecular weight excluding hydrogens is 394 g/mol. The minimum Gasteiger partial charge on any atom is -0.356 e. The van der Waals surface area contributed by atoms with Gasteiger partial charge in [-0.05, 0) is 64.4 Å². The Morgan fingerprint density at radius 3 is 2.85 bits per heavy atom. The molecule has 5 heteroatoms. The van der Waals surface area contributed by atoms with Gasteiger partial charge in [-0.1, -0.05) is 0 Å². The van der Waals surface area contributed by atoms with Gasteiger partial charge in [-0.3, -0.25) is 0 Å². The van der Waals surface area contributed by atoms with Crippen LogP contribution >= 0.6 is 45.2 Å². The van der Waals surface area contributed by atoms with E-state index in [0.29, 0.717) is 0 Å². The topological polar surface area (TPSA) is 27.1 Å². The van der Waals surface area contributed by atoms with Crippen LogP contribution in [0.25, 0.3) is 0 Å². The number of hydrogen-bond acceptors (Lipinski definition) is 2. The van der Waals surface area contributed by atoms with Gasteiger partial charge in [0.15, 0.2) is 6.23 Å². The fraction of sp³-hybridized carbons (Fsp3) is 0.625. The van der Waals surface area contributed by atoms with Crippen LogP contribution in [0.15, 0.2) is 6.20 Å². The Labute approximate surface area is 104 Å². The molecular formula is C8H10I2N2O. The molecule has 0 aromatic carbocycles. The quantitative estimate of drug-likeness (QED) is 0.674. The molecule has 1 aromatic heterocycles. The van der Waals surface area contributed by atoms with E-state index in [1.807, 2.05) is 10.9 Å². The first-order valence-electron chi connectivity index (χ1n) is 4.29. The Bertz CT molecular complexity index is 294. The van der Waals surface area contributed by atoms with Gasteiger partial charge >= 0.3 is 0 Å². The summed E-state index contributed by atoms with van der Waals surface area (Å²) in [5, 5.41) is 4.32. The molecule has 0 N–H and O–H groups in total. The molecule has 0 radical (unpaired) electrons. The first-order valence-corrected chi connectivity index (χ1v) is 6.45. The maximum Gasteiger partial charge on any atom is 0.151 e. The second kappa shape index (κ2) is 4.43. The molecule has 0 unspecified atom stereocenters. The fourth-order valence-corrected chi connectivity index (χ4v) is 2.39. The zero-order valence-electron chi connectivity index (χ0n) is 7.04. The summed E-state index contributed by atoms with van der Waals surface area (Å²) in [6, 6.07) is 0. The molecule has 0 bridgehead atoms. The maximum atomic E-state index is 5.65. The van der Waals surface area contributed by atoms with Crippen molar-refractivity contribution in [3.8, 4) is 0 Å². The smallest absolute Gasteiger partial charge is 0.151 e. The molecule has 2 rings (SSSR count). The lowest BCUT2D eigenvalue weighted by molar-refractivity contribution is -0.0411. The van der Waals surface area contributed by atoms with E-state index < -0.39 is 0 Å². The molecule has 3 nitrogen and oxygen atoms in total. The van der Waals surface area contributed by atoms with Crippen LogP contribution < -0.4 is 0 Å². The van der Waals surface area contributed by atoms with Gasteiger partial charge in [-0.15, -0.1) is 0 Å². The molecule has 0 amide bonds. The van der Waals surface area contributed by atoms with Gasteiger partial charge in [0, 0.05) is 6.61 Å². The SMILES string of the molecule is Ic1cnn([C@@H]2CCCCO2)c1I. The van der Waals surface area contributed by atoms with Gasteiger partial charge in [0.25, 0.3) is 0 Å². The Kier molecular flexibility index (Phi) is 3.46. The summed E-state index contributed by atoms with van der Waals surface area (Å²) in [6.07, 6.45) is 5.58. The molecule has 0 aliphatic carbocycles. The Morgan fingerprint density at radius 2 is 2.31 bits per heavy atom. The highest BCUT2D eigenvalue weighted by Crippen LogP contribution is 2.25. The fourth-order valence-electron chi connectivity index (χ4n) is 1.44. The summed E-state index contributed by atoms with van der Waals surface area (Å²) >= 11 is 4.61. The van der Waals surface area contributed by atoms with Crippen molar-refractivity contribution in [3.63, 3.8) is 0 Å². The first kappa shape index (κ1) is 10.2. The van der Waals surface area contributed by atoms with Crippen molar-refractivity contribution in [1.29, 1.82) is 0 Å². The summed E-state index contributed by atoms with van der Waals surface area (Å²) < 4.78 is 10.0. The summed E-state index contributed by atoms with van der Waals surface area (Å²) in [7, 11) is 0. The van der Waals surface area contributed by atoms with Gasteiger partial charge in [0.2, 0.25) is 0 Å². The summed E-state index contributed by atoms with van der Waals surface area (Å²) in [5.74, 6) is 0. The van der Waals surface area contributed by atoms with Gasteiger partial charge in [-0.25, -0.2) is 4.68 Å². The predicted molar refractivity (Wildman–Crippen MR) is 66.5 cm³/mol. The lowest BCUT2D eigenvalue weighted by atomic mass is 10.2. The number of nitrogens with zero attached hydrogens (tertiary/aromatic N) is 2. The molecule has 1 aliphatic rings. The van der Waals surface area contributed by atoms with Crippen molar-refractivity contribution in [2.75, 3.05) is 6.61 Å². The second-order valence-electron chi connectivity index (χ2n) is 3.05. The van der Waals surface area contributed by atoms with Crippen LogP contribution in [0, 0.1) is 7.27 Å². The van der Waals surface area contributed by atoms with Crippen molar-refractivity contribution < 1.29 is 4.74 Å². The minimum absolute atomic E-state index is 0.171. The van der Waals surface area contributed by atoms with Crippen LogP contribution in [0.5, 0.6) is 0 Å². The lowest BCUT2D eigenvalue weighted by Gasteiger charge is -2.23. The van der Waals surface area contributed by atoms with Crippen LogP contribution in [0.4, 0.5) is 0 Å². The predicted octanol–water partition coefficient (Wildman–Crippen LogP) is 2.79. The average molecular weight is 404 g/mol. The maximum absolute atomic E-state index is 5.65. The molecule has 1 atom stereocenters. The van der Waals surface area contributed by atoms with Gasteiger partial charge < -0.3 is 4.74 Å². The monoisotopic (exact) mass is 404 g/mol. The normalized spacial score (nSPS) is 23.4. The second-order valence-corrected chi connectivity index (χ2v) is 5.23. The van der Waals surface area contributed by atoms with E-state index in [9.17, 15) is 0 Å². The molecule has 1 aromatic rings. The van der Waals surface area contributed by atoms with E-state index in [-0.39, 0.29) is 6.23 Å². The molecule has 0 spiro atoms. The van der Waals surface area contributed by atoms with E-state index in [1.165, 1.54) is 20.1 Å². The summed E-state index contributed by atoms with van der Waals surface area (Å²) in [5.41, 5.74) is 0. The largest absolute Gasteiger partial charge is 0.356 e. The summed E-state index contributed by atoms with van der Waals surface area (Å²) in [6.45, 7) is 0.872. The number of ether oxygens (including phenoxy) is 1. The van der Waals surface area contributed by atoms with Crippen LogP contribution in [-0.2, 0) is 4.74 Å². The third-order valence-electron chi connectivity index (χ3n) is 2.12. The van der Waals surface area contributed by atoms with Crippen LogP contribution in [0.1, 0.15) is 25.5 Å². The zero-order chi connectivity index (χ0) is 9.26. The molecule has 2 heterocycles. The van der Waals surface area contributed by atoms with E-state index in [1.54, 1.807) is 0 Å². The number of rotatable bonds is 1. The van der Waals surface area contributed by atoms with Crippen molar-refractivity contribution in [1.82, 2.24) is 9.78 Å². The van der Waals surface area contributed by atoms with Crippen LogP contribution in [0.2, 0.25) is 0 Å². The third kappa shape index (κ3) is 2.17. The third-order valence-corrected chi connectivity index (χ3v) is 5.02. The molecule has 1 aliphatic heterocycles. The van der Waals surface area contributed by atoms with E-state index >= 15 is 0 Å². The Balaban J connectivity index is 2.18. The first-order chi connectivity index (χ1) is 6.29. The number of aromatic nitrogens is 2. The summed E-state index contributed by atoms with van der Waals surface area (Å²) in [4.78, 5) is 0. The van der Waals surface area contributed by atoms with E-state index in [4.69, 9.17) is 4.74 Å². The Hall–Kier alpha value is 0.630. The Morgan fingerprint density at radius 1 is 1.46 bits per heavy atom. The number of halogens is 2. The van der Waals surface area contributed by atoms with Crippen molar-refractivity contribution in [2.24, 2.45) is 0 Å². The van der Waals surface area contributed by atoms with E-state index in [2.05, 4.69) is 50.3 Å². The molecule has 13 heavy (non-hydrogen) atoms. The molecule has 1 saturated heterocycles. The van der Waals surface area contributed by atoms with Crippen molar-refractivity contribution >= 4 is 45.2 Å². The highest BCUT2D eigenvalue weighted by atomic mass is 127. The molecule has 72 valence electrons. The minimum atomic E-state index is 0.171. The number of hydrogen-bond donors (Lipinski definition) is 0. The molecule has 1 fully saturated rings. The van der Waals surface area contributed by atoms with Crippen LogP contribution in [-0.4, -0.2) is 16.4 Å². The van der Waals surface area contributed by atoms with Crippen molar-refractivity contribution in [2.45, 2.75) is 25.5 Å². The van der Waals surface area contributed by atoms with Gasteiger partial charge in [0.05, 0.1) is 9.77 Å². The van der Waals surface area contributed by atoms with Gasteiger partial charge in [0.1, 0.15) is 3.70 Å². The molecule has 0 saturated carbocycles. The highest BCUT2D eigenvalue weighted by molar-refractivity contribution is 14.1. The standard InChI is InChI=1S/C8H10I2N2O/c9-6-5-11-12(8(6)10)7-3-1-2-4-13-7/h5,7H,1-4H2/t7-/m0/s1. The van der Waals surface area contributed by atoms with Gasteiger partial charge in [-0.2, -0.15) is 5.10 Å². The highest BCUT2D eigenvalue weighted by Gasteiger charge is 2.19. The average Bonchev–Trinajstić information content (AvgIpc) is 2.49. The van der Waals surface area contributed by atoms with E-state index in [0.717, 1.165) is 13.0 Å².